The van der Waals surface area contributed by atoms with Gasteiger partial charge in [0, 0.05) is 26.6 Å². The van der Waals surface area contributed by atoms with E-state index in [9.17, 15) is 9.18 Å². The van der Waals surface area contributed by atoms with Crippen molar-refractivity contribution in [1.82, 2.24) is 9.88 Å². The van der Waals surface area contributed by atoms with Crippen molar-refractivity contribution in [1.29, 1.82) is 0 Å². The van der Waals surface area contributed by atoms with E-state index in [-0.39, 0.29) is 11.9 Å². The van der Waals surface area contributed by atoms with Gasteiger partial charge in [0.15, 0.2) is 5.78 Å². The van der Waals surface area contributed by atoms with Crippen LogP contribution in [0.3, 0.4) is 0 Å². The van der Waals surface area contributed by atoms with Crippen LogP contribution in [0, 0.1) is 11.7 Å². The first-order chi connectivity index (χ1) is 9.60. The van der Waals surface area contributed by atoms with Crippen molar-refractivity contribution in [3.05, 3.63) is 29.8 Å². The molecule has 0 N–H and O–H groups in total. The molecule has 1 aliphatic rings. The maximum absolute atomic E-state index is 12.7. The molecule has 2 unspecified atom stereocenters. The second kappa shape index (κ2) is 6.90. The summed E-state index contributed by atoms with van der Waals surface area (Å²) in [5, 5.41) is 0. The Morgan fingerprint density at radius 2 is 2.35 bits per heavy atom. The molecule has 0 saturated carbocycles. The summed E-state index contributed by atoms with van der Waals surface area (Å²) in [6.45, 7) is 4.75. The number of ether oxygens (including phenoxy) is 1. The Kier molecular flexibility index (Phi) is 5.20. The molecule has 1 fully saturated rings. The van der Waals surface area contributed by atoms with Gasteiger partial charge in [-0.3, -0.25) is 9.78 Å². The summed E-state index contributed by atoms with van der Waals surface area (Å²) in [7, 11) is 1.73. The fourth-order valence-corrected chi connectivity index (χ4v) is 2.54. The number of halogens is 1. The third kappa shape index (κ3) is 3.84. The van der Waals surface area contributed by atoms with E-state index in [1.807, 2.05) is 0 Å². The Labute approximate surface area is 118 Å². The van der Waals surface area contributed by atoms with Crippen molar-refractivity contribution >= 4 is 5.78 Å². The normalized spacial score (nSPS) is 23.8. The quantitative estimate of drug-likeness (QED) is 0.775. The summed E-state index contributed by atoms with van der Waals surface area (Å²) in [4.78, 5) is 18.0. The van der Waals surface area contributed by atoms with Crippen LogP contribution < -0.4 is 0 Å². The van der Waals surface area contributed by atoms with E-state index < -0.39 is 5.82 Å². The highest BCUT2D eigenvalue weighted by molar-refractivity contribution is 5.94. The Hall–Kier alpha value is -1.33. The molecule has 4 nitrogen and oxygen atoms in total. The summed E-state index contributed by atoms with van der Waals surface area (Å²) >= 11 is 0. The van der Waals surface area contributed by atoms with Gasteiger partial charge in [0.2, 0.25) is 0 Å². The predicted octanol–water partition coefficient (Wildman–Crippen LogP) is 2.15. The van der Waals surface area contributed by atoms with Crippen LogP contribution >= 0.6 is 0 Å². The number of pyridine rings is 1. The number of carbonyl (C=O) groups excluding carboxylic acids is 1. The van der Waals surface area contributed by atoms with E-state index in [2.05, 4.69) is 16.8 Å². The Balaban J connectivity index is 1.83. The number of rotatable bonds is 5. The SMILES string of the molecule is COC1CN(CCC(=O)c2ccc(F)cn2)CCC1C. The van der Waals surface area contributed by atoms with Gasteiger partial charge in [-0.1, -0.05) is 6.92 Å². The van der Waals surface area contributed by atoms with Crippen molar-refractivity contribution in [2.75, 3.05) is 26.7 Å². The second-order valence-corrected chi connectivity index (χ2v) is 5.38. The Morgan fingerprint density at radius 3 is 3.00 bits per heavy atom. The van der Waals surface area contributed by atoms with Crippen LogP contribution in [0.1, 0.15) is 30.3 Å². The second-order valence-electron chi connectivity index (χ2n) is 5.38. The smallest absolute Gasteiger partial charge is 0.182 e. The molecule has 0 amide bonds. The molecule has 2 rings (SSSR count). The van der Waals surface area contributed by atoms with Crippen molar-refractivity contribution in [3.63, 3.8) is 0 Å². The van der Waals surface area contributed by atoms with Crippen LogP contribution in [0.4, 0.5) is 4.39 Å². The third-order valence-electron chi connectivity index (χ3n) is 3.94. The van der Waals surface area contributed by atoms with E-state index in [1.165, 1.54) is 12.1 Å². The summed E-state index contributed by atoms with van der Waals surface area (Å²) in [6.07, 6.45) is 2.81. The van der Waals surface area contributed by atoms with E-state index in [0.29, 0.717) is 24.6 Å². The number of nitrogens with zero attached hydrogens (tertiary/aromatic N) is 2. The topological polar surface area (TPSA) is 42.4 Å². The molecule has 0 aromatic carbocycles. The minimum absolute atomic E-state index is 0.0439. The third-order valence-corrected chi connectivity index (χ3v) is 3.94. The number of likely N-dealkylation sites (tertiary alicyclic amines) is 1. The van der Waals surface area contributed by atoms with E-state index in [1.54, 1.807) is 7.11 Å². The van der Waals surface area contributed by atoms with Crippen LogP contribution in [0.2, 0.25) is 0 Å². The highest BCUT2D eigenvalue weighted by Crippen LogP contribution is 2.19. The standard InChI is InChI=1S/C15H21FN2O2/c1-11-5-7-18(10-15(11)20-2)8-6-14(19)13-4-3-12(16)9-17-13/h3-4,9,11,15H,5-8,10H2,1-2H3. The highest BCUT2D eigenvalue weighted by Gasteiger charge is 2.26. The summed E-state index contributed by atoms with van der Waals surface area (Å²) in [5.74, 6) is 0.0952. The molecular weight excluding hydrogens is 259 g/mol. The number of ketones is 1. The lowest BCUT2D eigenvalue weighted by atomic mass is 9.95. The van der Waals surface area contributed by atoms with Crippen molar-refractivity contribution < 1.29 is 13.9 Å². The summed E-state index contributed by atoms with van der Waals surface area (Å²) in [6, 6.07) is 2.71. The molecule has 110 valence electrons. The van der Waals surface area contributed by atoms with Gasteiger partial charge in [0.1, 0.15) is 11.5 Å². The zero-order valence-electron chi connectivity index (χ0n) is 12.0. The minimum Gasteiger partial charge on any atom is -0.380 e. The molecule has 0 spiro atoms. The molecule has 20 heavy (non-hydrogen) atoms. The lowest BCUT2D eigenvalue weighted by molar-refractivity contribution is -0.00480. The highest BCUT2D eigenvalue weighted by atomic mass is 19.1. The van der Waals surface area contributed by atoms with Gasteiger partial charge in [0.05, 0.1) is 12.3 Å². The monoisotopic (exact) mass is 280 g/mol. The fourth-order valence-electron chi connectivity index (χ4n) is 2.54. The molecular formula is C15H21FN2O2. The zero-order valence-corrected chi connectivity index (χ0v) is 12.0. The van der Waals surface area contributed by atoms with Crippen molar-refractivity contribution in [2.45, 2.75) is 25.9 Å². The molecule has 1 aromatic rings. The van der Waals surface area contributed by atoms with E-state index in [0.717, 1.165) is 25.7 Å². The Bertz CT molecular complexity index is 450. The van der Waals surface area contributed by atoms with Gasteiger partial charge in [-0.2, -0.15) is 0 Å². The lowest BCUT2D eigenvalue weighted by Crippen LogP contribution is -2.44. The largest absolute Gasteiger partial charge is 0.380 e. The zero-order chi connectivity index (χ0) is 14.5. The summed E-state index contributed by atoms with van der Waals surface area (Å²) < 4.78 is 18.2. The number of methoxy groups -OCH3 is 1. The molecule has 2 atom stereocenters. The number of piperidine rings is 1. The minimum atomic E-state index is -0.422. The van der Waals surface area contributed by atoms with Crippen molar-refractivity contribution in [3.8, 4) is 0 Å². The molecule has 1 saturated heterocycles. The maximum atomic E-state index is 12.7. The molecule has 1 aliphatic heterocycles. The van der Waals surface area contributed by atoms with Gasteiger partial charge < -0.3 is 9.64 Å². The number of carbonyl (C=O) groups is 1. The van der Waals surface area contributed by atoms with Crippen molar-refractivity contribution in [2.24, 2.45) is 5.92 Å². The molecule has 0 radical (unpaired) electrons. The number of Topliss-reactive ketones (excluding diaryl/α,β-unsaturated/α-hetero) is 1. The Morgan fingerprint density at radius 1 is 1.55 bits per heavy atom. The first-order valence-corrected chi connectivity index (χ1v) is 7.00. The van der Waals surface area contributed by atoms with Gasteiger partial charge in [-0.15, -0.1) is 0 Å². The fraction of sp³-hybridized carbons (Fsp3) is 0.600. The number of hydrogen-bond donors (Lipinski definition) is 0. The first-order valence-electron chi connectivity index (χ1n) is 7.00. The van der Waals surface area contributed by atoms with Crippen LogP contribution in [0.15, 0.2) is 18.3 Å². The number of hydrogen-bond acceptors (Lipinski definition) is 4. The molecule has 0 bridgehead atoms. The van der Waals surface area contributed by atoms with Crippen LogP contribution in [0.25, 0.3) is 0 Å². The van der Waals surface area contributed by atoms with E-state index >= 15 is 0 Å². The van der Waals surface area contributed by atoms with Crippen LogP contribution in [0.5, 0.6) is 0 Å². The average Bonchev–Trinajstić information content (AvgIpc) is 2.46. The van der Waals surface area contributed by atoms with Gasteiger partial charge >= 0.3 is 0 Å². The average molecular weight is 280 g/mol. The molecule has 5 heteroatoms. The van der Waals surface area contributed by atoms with Crippen LogP contribution in [-0.4, -0.2) is 48.5 Å². The first kappa shape index (κ1) is 15.1. The maximum Gasteiger partial charge on any atom is 0.182 e. The lowest BCUT2D eigenvalue weighted by Gasteiger charge is -2.36. The van der Waals surface area contributed by atoms with E-state index in [4.69, 9.17) is 4.74 Å². The van der Waals surface area contributed by atoms with Gasteiger partial charge in [0.25, 0.3) is 0 Å². The molecule has 0 aliphatic carbocycles. The van der Waals surface area contributed by atoms with Gasteiger partial charge in [-0.25, -0.2) is 4.39 Å². The van der Waals surface area contributed by atoms with Crippen LogP contribution in [-0.2, 0) is 4.74 Å². The summed E-state index contributed by atoms with van der Waals surface area (Å²) in [5.41, 5.74) is 0.333. The molecule has 1 aromatic heterocycles. The van der Waals surface area contributed by atoms with Gasteiger partial charge in [-0.05, 0) is 31.0 Å². The predicted molar refractivity (Wildman–Crippen MR) is 74.2 cm³/mol. The number of aromatic nitrogens is 1. The molecule has 2 heterocycles.